The molecule has 4 aliphatic carbocycles. The number of fused-ring (bicyclic) bond motifs is 5. The van der Waals surface area contributed by atoms with Crippen LogP contribution < -0.4 is 0 Å². The van der Waals surface area contributed by atoms with Gasteiger partial charge in [0.25, 0.3) is 0 Å². The molecule has 0 radical (unpaired) electrons. The zero-order valence-electron chi connectivity index (χ0n) is 15.7. The number of rotatable bonds is 1. The molecule has 0 heterocycles. The van der Waals surface area contributed by atoms with Crippen LogP contribution in [0.4, 0.5) is 13.2 Å². The van der Waals surface area contributed by atoms with Crippen molar-refractivity contribution in [2.75, 3.05) is 0 Å². The van der Waals surface area contributed by atoms with E-state index in [1.807, 2.05) is 0 Å². The molecular weight excluding hydrogens is 341 g/mol. The van der Waals surface area contributed by atoms with E-state index >= 15 is 0 Å². The maximum Gasteiger partial charge on any atom is 0.490 e. The molecule has 5 heteroatoms. The lowest BCUT2D eigenvalue weighted by molar-refractivity contribution is -0.206. The van der Waals surface area contributed by atoms with E-state index in [1.54, 1.807) is 0 Å². The van der Waals surface area contributed by atoms with Gasteiger partial charge in [-0.2, -0.15) is 13.2 Å². The fourth-order valence-corrected chi connectivity index (χ4v) is 6.94. The van der Waals surface area contributed by atoms with Gasteiger partial charge in [-0.25, -0.2) is 4.79 Å². The third kappa shape index (κ3) is 2.80. The van der Waals surface area contributed by atoms with E-state index in [0.717, 1.165) is 24.7 Å². The zero-order chi connectivity index (χ0) is 18.7. The summed E-state index contributed by atoms with van der Waals surface area (Å²) in [5.41, 5.74) is 1.82. The third-order valence-corrected chi connectivity index (χ3v) is 8.35. The van der Waals surface area contributed by atoms with Crippen LogP contribution in [0.25, 0.3) is 0 Å². The fourth-order valence-electron chi connectivity index (χ4n) is 6.94. The van der Waals surface area contributed by atoms with E-state index in [9.17, 15) is 18.0 Å². The quantitative estimate of drug-likeness (QED) is 0.430. The van der Waals surface area contributed by atoms with E-state index in [4.69, 9.17) is 4.74 Å². The molecule has 26 heavy (non-hydrogen) atoms. The van der Waals surface area contributed by atoms with E-state index < -0.39 is 18.2 Å². The van der Waals surface area contributed by atoms with Crippen LogP contribution in [0, 0.1) is 28.6 Å². The number of alkyl halides is 3. The summed E-state index contributed by atoms with van der Waals surface area (Å²) in [4.78, 5) is 11.2. The minimum atomic E-state index is -4.90. The van der Waals surface area contributed by atoms with Crippen molar-refractivity contribution in [1.82, 2.24) is 0 Å². The van der Waals surface area contributed by atoms with Crippen LogP contribution in [0.15, 0.2) is 11.6 Å². The van der Waals surface area contributed by atoms with Crippen LogP contribution >= 0.6 is 0 Å². The highest BCUT2D eigenvalue weighted by Crippen LogP contribution is 2.64. The van der Waals surface area contributed by atoms with Crippen molar-refractivity contribution < 1.29 is 22.7 Å². The molecular formula is C21H29F3O2. The molecule has 0 aliphatic heterocycles. The van der Waals surface area contributed by atoms with Gasteiger partial charge in [0.1, 0.15) is 6.10 Å². The van der Waals surface area contributed by atoms with E-state index in [-0.39, 0.29) is 5.41 Å². The Hall–Kier alpha value is -1.00. The van der Waals surface area contributed by atoms with Crippen molar-refractivity contribution >= 4 is 5.97 Å². The van der Waals surface area contributed by atoms with E-state index in [2.05, 4.69) is 19.9 Å². The van der Waals surface area contributed by atoms with Crippen molar-refractivity contribution in [1.29, 1.82) is 0 Å². The number of allylic oxidation sites excluding steroid dienone is 1. The van der Waals surface area contributed by atoms with Crippen molar-refractivity contribution in [3.8, 4) is 0 Å². The molecule has 0 aromatic carbocycles. The third-order valence-electron chi connectivity index (χ3n) is 8.35. The summed E-state index contributed by atoms with van der Waals surface area (Å²) < 4.78 is 42.3. The second-order valence-corrected chi connectivity index (χ2v) is 9.61. The van der Waals surface area contributed by atoms with Crippen molar-refractivity contribution in [2.24, 2.45) is 28.6 Å². The van der Waals surface area contributed by atoms with Crippen molar-refractivity contribution in [2.45, 2.75) is 83.9 Å². The summed E-state index contributed by atoms with van der Waals surface area (Å²) in [6.45, 7) is 4.78. The first-order chi connectivity index (χ1) is 12.1. The standard InChI is InChI=1S/C21H29F3O2/c1-19-9-3-4-16(19)15-6-5-13-12-14(26-18(25)21(22,23)24)7-11-20(13,2)17(15)8-10-19/h5,14-17H,3-4,6-12H2,1-2H3/t14-,15-,16-,17-,19-,20+/m1/s1. The highest BCUT2D eigenvalue weighted by Gasteiger charge is 2.56. The van der Waals surface area contributed by atoms with Gasteiger partial charge >= 0.3 is 12.1 Å². The highest BCUT2D eigenvalue weighted by atomic mass is 19.4. The summed E-state index contributed by atoms with van der Waals surface area (Å²) in [7, 11) is 0. The molecule has 6 atom stereocenters. The number of carbonyl (C=O) groups is 1. The summed E-state index contributed by atoms with van der Waals surface area (Å²) >= 11 is 0. The Bertz CT molecular complexity index is 625. The number of ether oxygens (including phenoxy) is 1. The molecule has 0 saturated heterocycles. The Morgan fingerprint density at radius 3 is 2.62 bits per heavy atom. The second-order valence-electron chi connectivity index (χ2n) is 9.61. The maximum absolute atomic E-state index is 12.5. The van der Waals surface area contributed by atoms with Crippen LogP contribution in [0.1, 0.15) is 71.6 Å². The minimum absolute atomic E-state index is 0.0774. The topological polar surface area (TPSA) is 26.3 Å². The lowest BCUT2D eigenvalue weighted by atomic mass is 9.48. The van der Waals surface area contributed by atoms with Gasteiger partial charge in [0.05, 0.1) is 0 Å². The lowest BCUT2D eigenvalue weighted by Gasteiger charge is -2.57. The minimum Gasteiger partial charge on any atom is -0.455 e. The summed E-state index contributed by atoms with van der Waals surface area (Å²) in [5, 5.41) is 0. The lowest BCUT2D eigenvalue weighted by Crippen LogP contribution is -2.49. The monoisotopic (exact) mass is 370 g/mol. The number of hydrogen-bond acceptors (Lipinski definition) is 2. The van der Waals surface area contributed by atoms with Gasteiger partial charge in [0, 0.05) is 6.42 Å². The summed E-state index contributed by atoms with van der Waals surface area (Å²) in [6.07, 6.45) is 6.22. The largest absolute Gasteiger partial charge is 0.490 e. The van der Waals surface area contributed by atoms with Crippen LogP contribution in [0.3, 0.4) is 0 Å². The molecule has 3 fully saturated rings. The molecule has 0 aromatic heterocycles. The molecule has 4 rings (SSSR count). The molecule has 0 aromatic rings. The number of carbonyl (C=O) groups excluding carboxylic acids is 1. The van der Waals surface area contributed by atoms with Gasteiger partial charge < -0.3 is 4.74 Å². The molecule has 3 saturated carbocycles. The predicted molar refractivity (Wildman–Crippen MR) is 92.3 cm³/mol. The summed E-state index contributed by atoms with van der Waals surface area (Å²) in [6, 6.07) is 0. The SMILES string of the molecule is C[C@]12CCC[C@@H]1[C@H]1CC=C3C[C@H](OC(=O)C(F)(F)F)CC[C@]3(C)[C@@H]1CC2. The number of hydrogen-bond donors (Lipinski definition) is 0. The average molecular weight is 370 g/mol. The van der Waals surface area contributed by atoms with Gasteiger partial charge in [0.2, 0.25) is 0 Å². The molecule has 0 unspecified atom stereocenters. The van der Waals surface area contributed by atoms with Crippen molar-refractivity contribution in [3.05, 3.63) is 11.6 Å². The van der Waals surface area contributed by atoms with E-state index in [0.29, 0.717) is 24.2 Å². The van der Waals surface area contributed by atoms with Gasteiger partial charge in [0.15, 0.2) is 0 Å². The Kier molecular flexibility index (Phi) is 4.24. The first kappa shape index (κ1) is 18.4. The first-order valence-electron chi connectivity index (χ1n) is 10.1. The van der Waals surface area contributed by atoms with Gasteiger partial charge in [-0.15, -0.1) is 0 Å². The average Bonchev–Trinajstić information content (AvgIpc) is 2.96. The second kappa shape index (κ2) is 6.00. The normalized spacial score (nSPS) is 45.2. The van der Waals surface area contributed by atoms with Gasteiger partial charge in [-0.3, -0.25) is 0 Å². The Morgan fingerprint density at radius 1 is 1.12 bits per heavy atom. The Labute approximate surface area is 153 Å². The van der Waals surface area contributed by atoms with Gasteiger partial charge in [-0.05, 0) is 73.5 Å². The Morgan fingerprint density at radius 2 is 1.88 bits per heavy atom. The molecule has 2 nitrogen and oxygen atoms in total. The maximum atomic E-state index is 12.5. The molecule has 146 valence electrons. The summed E-state index contributed by atoms with van der Waals surface area (Å²) in [5.74, 6) is 0.119. The smallest absolute Gasteiger partial charge is 0.455 e. The first-order valence-corrected chi connectivity index (χ1v) is 10.1. The predicted octanol–water partition coefficient (Wildman–Crippen LogP) is 5.81. The van der Waals surface area contributed by atoms with Crippen LogP contribution in [0.2, 0.25) is 0 Å². The van der Waals surface area contributed by atoms with Crippen LogP contribution in [-0.2, 0) is 9.53 Å². The number of esters is 1. The Balaban J connectivity index is 1.51. The highest BCUT2D eigenvalue weighted by molar-refractivity contribution is 5.75. The van der Waals surface area contributed by atoms with Crippen LogP contribution in [-0.4, -0.2) is 18.2 Å². The molecule has 0 bridgehead atoms. The molecule has 0 N–H and O–H groups in total. The molecule has 0 spiro atoms. The van der Waals surface area contributed by atoms with Crippen molar-refractivity contribution in [3.63, 3.8) is 0 Å². The molecule has 4 aliphatic rings. The van der Waals surface area contributed by atoms with E-state index in [1.165, 1.54) is 37.7 Å². The fraction of sp³-hybridized carbons (Fsp3) is 0.857. The van der Waals surface area contributed by atoms with Gasteiger partial charge in [-0.1, -0.05) is 31.9 Å². The molecule has 0 amide bonds. The van der Waals surface area contributed by atoms with Crippen LogP contribution in [0.5, 0.6) is 0 Å². The zero-order valence-corrected chi connectivity index (χ0v) is 15.7. The number of halogens is 3.